The van der Waals surface area contributed by atoms with E-state index >= 15 is 0 Å². The summed E-state index contributed by atoms with van der Waals surface area (Å²) in [5.41, 5.74) is 7.01. The fourth-order valence-electron chi connectivity index (χ4n) is 1.70. The molecule has 2 rings (SSSR count). The van der Waals surface area contributed by atoms with Gasteiger partial charge in [0.15, 0.2) is 0 Å². The number of benzene rings is 1. The highest BCUT2D eigenvalue weighted by atomic mass is 35.5. The molecule has 0 bridgehead atoms. The third-order valence-corrected chi connectivity index (χ3v) is 4.28. The van der Waals surface area contributed by atoms with E-state index in [0.717, 1.165) is 26.9 Å². The minimum absolute atomic E-state index is 0.0935. The van der Waals surface area contributed by atoms with Crippen molar-refractivity contribution in [2.75, 3.05) is 0 Å². The molecule has 1 aromatic carbocycles. The van der Waals surface area contributed by atoms with Crippen LogP contribution in [-0.2, 0) is 6.42 Å². The van der Waals surface area contributed by atoms with Gasteiger partial charge in [-0.25, -0.2) is 4.98 Å². The van der Waals surface area contributed by atoms with Gasteiger partial charge in [0.1, 0.15) is 5.03 Å². The Hall–Kier alpha value is -0.740. The van der Waals surface area contributed by atoms with Crippen LogP contribution in [0.15, 0.2) is 46.5 Å². The normalized spacial score (nSPS) is 12.4. The first-order chi connectivity index (χ1) is 9.06. The van der Waals surface area contributed by atoms with Gasteiger partial charge >= 0.3 is 0 Å². The maximum atomic E-state index is 6.28. The molecule has 0 saturated carbocycles. The molecule has 100 valence electrons. The van der Waals surface area contributed by atoms with Crippen LogP contribution in [0.4, 0.5) is 0 Å². The zero-order chi connectivity index (χ0) is 13.8. The monoisotopic (exact) mass is 312 g/mol. The van der Waals surface area contributed by atoms with Gasteiger partial charge in [0.2, 0.25) is 0 Å². The van der Waals surface area contributed by atoms with E-state index in [1.165, 1.54) is 11.8 Å². The Morgan fingerprint density at radius 1 is 1.26 bits per heavy atom. The molecule has 2 aromatic rings. The Kier molecular flexibility index (Phi) is 5.11. The summed E-state index contributed by atoms with van der Waals surface area (Å²) >= 11 is 13.6. The van der Waals surface area contributed by atoms with E-state index in [2.05, 4.69) is 4.98 Å². The topological polar surface area (TPSA) is 38.9 Å². The first kappa shape index (κ1) is 14.7. The van der Waals surface area contributed by atoms with E-state index in [4.69, 9.17) is 28.9 Å². The second kappa shape index (κ2) is 6.62. The Morgan fingerprint density at radius 2 is 2.05 bits per heavy atom. The molecule has 1 aromatic heterocycles. The number of nitrogens with two attached hydrogens (primary N) is 1. The highest BCUT2D eigenvalue weighted by Gasteiger charge is 2.11. The van der Waals surface area contributed by atoms with E-state index in [1.54, 1.807) is 6.20 Å². The lowest BCUT2D eigenvalue weighted by molar-refractivity contribution is 0.729. The minimum Gasteiger partial charge on any atom is -0.328 e. The molecule has 1 unspecified atom stereocenters. The highest BCUT2D eigenvalue weighted by Crippen LogP contribution is 2.35. The number of nitrogens with zero attached hydrogens (tertiary/aromatic N) is 1. The average Bonchev–Trinajstić information content (AvgIpc) is 2.35. The summed E-state index contributed by atoms with van der Waals surface area (Å²) in [7, 11) is 0. The zero-order valence-electron chi connectivity index (χ0n) is 10.4. The molecule has 0 amide bonds. The van der Waals surface area contributed by atoms with Crippen molar-refractivity contribution in [3.63, 3.8) is 0 Å². The first-order valence-corrected chi connectivity index (χ1v) is 7.46. The van der Waals surface area contributed by atoms with E-state index < -0.39 is 0 Å². The molecule has 0 aliphatic carbocycles. The lowest BCUT2D eigenvalue weighted by atomic mass is 10.1. The molecular formula is C14H14Cl2N2S. The molecule has 0 radical (unpaired) electrons. The summed E-state index contributed by atoms with van der Waals surface area (Å²) < 4.78 is 0. The van der Waals surface area contributed by atoms with E-state index in [0.29, 0.717) is 5.02 Å². The minimum atomic E-state index is 0.0935. The molecule has 5 heteroatoms. The fraction of sp³-hybridized carbons (Fsp3) is 0.214. The fourth-order valence-corrected chi connectivity index (χ4v) is 3.02. The lowest BCUT2D eigenvalue weighted by Crippen LogP contribution is -2.18. The van der Waals surface area contributed by atoms with Crippen molar-refractivity contribution in [1.29, 1.82) is 0 Å². The molecule has 2 N–H and O–H groups in total. The van der Waals surface area contributed by atoms with Gasteiger partial charge in [0.05, 0.1) is 10.0 Å². The standard InChI is InChI=1S/C14H14Cl2N2S/c1-9(17)7-10-3-2-4-12(16)14(10)19-13-6-5-11(15)8-18-13/h2-6,8-9H,7,17H2,1H3. The Balaban J connectivity index is 2.30. The van der Waals surface area contributed by atoms with Crippen molar-refractivity contribution in [2.45, 2.75) is 29.3 Å². The van der Waals surface area contributed by atoms with Crippen molar-refractivity contribution in [1.82, 2.24) is 4.98 Å². The predicted octanol–water partition coefficient (Wildman–Crippen LogP) is 4.43. The second-order valence-electron chi connectivity index (χ2n) is 4.33. The van der Waals surface area contributed by atoms with Crippen molar-refractivity contribution >= 4 is 35.0 Å². The third-order valence-electron chi connectivity index (χ3n) is 2.50. The Labute approximate surface area is 127 Å². The van der Waals surface area contributed by atoms with E-state index in [1.807, 2.05) is 37.3 Å². The summed E-state index contributed by atoms with van der Waals surface area (Å²) in [4.78, 5) is 5.29. The van der Waals surface area contributed by atoms with Gasteiger partial charge in [-0.15, -0.1) is 0 Å². The van der Waals surface area contributed by atoms with Gasteiger partial charge in [-0.3, -0.25) is 0 Å². The van der Waals surface area contributed by atoms with Crippen LogP contribution in [0.5, 0.6) is 0 Å². The number of hydrogen-bond donors (Lipinski definition) is 1. The van der Waals surface area contributed by atoms with Crippen molar-refractivity contribution in [3.05, 3.63) is 52.1 Å². The molecule has 1 atom stereocenters. The van der Waals surface area contributed by atoms with Crippen LogP contribution < -0.4 is 5.73 Å². The van der Waals surface area contributed by atoms with Gasteiger partial charge in [0.25, 0.3) is 0 Å². The third kappa shape index (κ3) is 4.11. The van der Waals surface area contributed by atoms with Crippen molar-refractivity contribution in [2.24, 2.45) is 5.73 Å². The molecule has 19 heavy (non-hydrogen) atoms. The van der Waals surface area contributed by atoms with Crippen LogP contribution in [0.1, 0.15) is 12.5 Å². The van der Waals surface area contributed by atoms with Crippen molar-refractivity contribution < 1.29 is 0 Å². The first-order valence-electron chi connectivity index (χ1n) is 5.88. The van der Waals surface area contributed by atoms with Gasteiger partial charge in [0, 0.05) is 17.1 Å². The second-order valence-corrected chi connectivity index (χ2v) is 6.20. The maximum absolute atomic E-state index is 6.28. The molecule has 0 aliphatic rings. The summed E-state index contributed by atoms with van der Waals surface area (Å²) in [5.74, 6) is 0. The van der Waals surface area contributed by atoms with E-state index in [-0.39, 0.29) is 6.04 Å². The molecule has 0 aliphatic heterocycles. The van der Waals surface area contributed by atoms with Crippen LogP contribution in [-0.4, -0.2) is 11.0 Å². The lowest BCUT2D eigenvalue weighted by Gasteiger charge is -2.12. The summed E-state index contributed by atoms with van der Waals surface area (Å²) in [6.07, 6.45) is 2.42. The predicted molar refractivity (Wildman–Crippen MR) is 82.2 cm³/mol. The molecule has 0 fully saturated rings. The van der Waals surface area contributed by atoms with Crippen LogP contribution in [0, 0.1) is 0 Å². The smallest absolute Gasteiger partial charge is 0.101 e. The maximum Gasteiger partial charge on any atom is 0.101 e. The number of pyridine rings is 1. The van der Waals surface area contributed by atoms with Gasteiger partial charge in [-0.2, -0.15) is 0 Å². The van der Waals surface area contributed by atoms with Crippen molar-refractivity contribution in [3.8, 4) is 0 Å². The number of rotatable bonds is 4. The van der Waals surface area contributed by atoms with Gasteiger partial charge in [-0.05, 0) is 37.1 Å². The molecule has 2 nitrogen and oxygen atoms in total. The van der Waals surface area contributed by atoms with Crippen LogP contribution >= 0.6 is 35.0 Å². The summed E-state index contributed by atoms with van der Waals surface area (Å²) in [6.45, 7) is 1.98. The average molecular weight is 313 g/mol. The molecular weight excluding hydrogens is 299 g/mol. The Morgan fingerprint density at radius 3 is 2.68 bits per heavy atom. The quantitative estimate of drug-likeness (QED) is 0.907. The zero-order valence-corrected chi connectivity index (χ0v) is 12.8. The largest absolute Gasteiger partial charge is 0.328 e. The van der Waals surface area contributed by atoms with Crippen LogP contribution in [0.25, 0.3) is 0 Å². The van der Waals surface area contributed by atoms with Gasteiger partial charge < -0.3 is 5.73 Å². The highest BCUT2D eigenvalue weighted by molar-refractivity contribution is 7.99. The number of aromatic nitrogens is 1. The summed E-state index contributed by atoms with van der Waals surface area (Å²) in [6, 6.07) is 9.67. The SMILES string of the molecule is CC(N)Cc1cccc(Cl)c1Sc1ccc(Cl)cn1. The number of halogens is 2. The van der Waals surface area contributed by atoms with Crippen LogP contribution in [0.2, 0.25) is 10.0 Å². The Bertz CT molecular complexity index is 556. The molecule has 1 heterocycles. The van der Waals surface area contributed by atoms with Gasteiger partial charge in [-0.1, -0.05) is 47.1 Å². The van der Waals surface area contributed by atoms with E-state index in [9.17, 15) is 0 Å². The van der Waals surface area contributed by atoms with Crippen LogP contribution in [0.3, 0.4) is 0 Å². The molecule has 0 saturated heterocycles. The number of hydrogen-bond acceptors (Lipinski definition) is 3. The summed E-state index contributed by atoms with van der Waals surface area (Å²) in [5, 5.41) is 2.21. The molecule has 0 spiro atoms.